The fourth-order valence-corrected chi connectivity index (χ4v) is 5.20. The average Bonchev–Trinajstić information content (AvgIpc) is 3.38. The summed E-state index contributed by atoms with van der Waals surface area (Å²) in [6.07, 6.45) is 3.95. The van der Waals surface area contributed by atoms with Crippen LogP contribution in [0.15, 0.2) is 24.3 Å². The van der Waals surface area contributed by atoms with Gasteiger partial charge in [-0.3, -0.25) is 9.69 Å². The Morgan fingerprint density at radius 3 is 2.29 bits per heavy atom. The van der Waals surface area contributed by atoms with E-state index in [-0.39, 0.29) is 17.7 Å². The number of rotatable bonds is 3. The zero-order valence-electron chi connectivity index (χ0n) is 16.3. The molecule has 3 nitrogen and oxygen atoms in total. The SMILES string of the molecule is O=C(C1CCN(C2CCCCC2)C1)N1CCC(c2ccc(C(F)(F)F)cc2)C1. The van der Waals surface area contributed by atoms with Crippen LogP contribution in [0, 0.1) is 5.92 Å². The first kappa shape index (κ1) is 19.7. The second-order valence-corrected chi connectivity index (χ2v) is 8.66. The molecule has 1 amide bonds. The van der Waals surface area contributed by atoms with Gasteiger partial charge in [0, 0.05) is 31.6 Å². The molecule has 154 valence electrons. The van der Waals surface area contributed by atoms with E-state index in [1.54, 1.807) is 12.1 Å². The van der Waals surface area contributed by atoms with Gasteiger partial charge in [0.1, 0.15) is 0 Å². The Kier molecular flexibility index (Phi) is 5.68. The summed E-state index contributed by atoms with van der Waals surface area (Å²) in [6, 6.07) is 6.10. The van der Waals surface area contributed by atoms with Crippen molar-refractivity contribution in [3.63, 3.8) is 0 Å². The summed E-state index contributed by atoms with van der Waals surface area (Å²) in [5.41, 5.74) is 0.287. The standard InChI is InChI=1S/C22H29F3N2O/c23-22(24,25)19-8-6-16(7-9-19)17-10-13-27(14-17)21(28)18-11-12-26(15-18)20-4-2-1-3-5-20/h6-9,17-18,20H,1-5,10-15H2. The molecule has 1 aromatic carbocycles. The highest BCUT2D eigenvalue weighted by molar-refractivity contribution is 5.79. The maximum atomic E-state index is 13.0. The van der Waals surface area contributed by atoms with E-state index in [0.717, 1.165) is 43.6 Å². The van der Waals surface area contributed by atoms with E-state index >= 15 is 0 Å². The molecule has 2 heterocycles. The molecule has 3 fully saturated rings. The molecule has 0 radical (unpaired) electrons. The van der Waals surface area contributed by atoms with Crippen LogP contribution < -0.4 is 0 Å². The van der Waals surface area contributed by atoms with E-state index in [1.807, 2.05) is 4.90 Å². The molecule has 2 atom stereocenters. The topological polar surface area (TPSA) is 23.6 Å². The highest BCUT2D eigenvalue weighted by Gasteiger charge is 2.37. The smallest absolute Gasteiger partial charge is 0.342 e. The molecular formula is C22H29F3N2O. The van der Waals surface area contributed by atoms with Gasteiger partial charge < -0.3 is 4.90 Å². The quantitative estimate of drug-likeness (QED) is 0.743. The number of nitrogens with zero attached hydrogens (tertiary/aromatic N) is 2. The summed E-state index contributed by atoms with van der Waals surface area (Å²) in [5.74, 6) is 0.475. The van der Waals surface area contributed by atoms with E-state index in [4.69, 9.17) is 0 Å². The molecule has 28 heavy (non-hydrogen) atoms. The van der Waals surface area contributed by atoms with Crippen molar-refractivity contribution in [1.29, 1.82) is 0 Å². The fraction of sp³-hybridized carbons (Fsp3) is 0.682. The van der Waals surface area contributed by atoms with Gasteiger partial charge in [0.25, 0.3) is 0 Å². The van der Waals surface area contributed by atoms with Crippen molar-refractivity contribution in [3.05, 3.63) is 35.4 Å². The second-order valence-electron chi connectivity index (χ2n) is 8.66. The Morgan fingerprint density at radius 1 is 0.893 bits per heavy atom. The van der Waals surface area contributed by atoms with Crippen LogP contribution in [-0.4, -0.2) is 47.9 Å². The minimum atomic E-state index is -4.30. The predicted octanol–water partition coefficient (Wildman–Crippen LogP) is 4.68. The minimum absolute atomic E-state index is 0.0910. The number of halogens is 3. The van der Waals surface area contributed by atoms with E-state index in [2.05, 4.69) is 4.90 Å². The molecule has 2 unspecified atom stereocenters. The lowest BCUT2D eigenvalue weighted by Gasteiger charge is -2.31. The van der Waals surface area contributed by atoms with Crippen LogP contribution in [0.5, 0.6) is 0 Å². The van der Waals surface area contributed by atoms with Gasteiger partial charge in [0.05, 0.1) is 11.5 Å². The van der Waals surface area contributed by atoms with E-state index in [0.29, 0.717) is 19.1 Å². The van der Waals surface area contributed by atoms with Gasteiger partial charge in [-0.15, -0.1) is 0 Å². The normalized spacial score (nSPS) is 27.5. The lowest BCUT2D eigenvalue weighted by Crippen LogP contribution is -2.38. The van der Waals surface area contributed by atoms with Crippen molar-refractivity contribution < 1.29 is 18.0 Å². The summed E-state index contributed by atoms with van der Waals surface area (Å²) >= 11 is 0. The minimum Gasteiger partial charge on any atom is -0.342 e. The van der Waals surface area contributed by atoms with Crippen LogP contribution in [-0.2, 0) is 11.0 Å². The van der Waals surface area contributed by atoms with Gasteiger partial charge in [0.2, 0.25) is 5.91 Å². The molecule has 2 saturated heterocycles. The number of benzene rings is 1. The lowest BCUT2D eigenvalue weighted by atomic mass is 9.94. The first-order valence-electron chi connectivity index (χ1n) is 10.6. The van der Waals surface area contributed by atoms with Crippen LogP contribution in [0.1, 0.15) is 62.0 Å². The molecule has 1 aliphatic carbocycles. The number of carbonyl (C=O) groups excluding carboxylic acids is 1. The Labute approximate surface area is 164 Å². The summed E-state index contributed by atoms with van der Waals surface area (Å²) in [7, 11) is 0. The summed E-state index contributed by atoms with van der Waals surface area (Å²) in [4.78, 5) is 17.4. The van der Waals surface area contributed by atoms with Gasteiger partial charge in [0.15, 0.2) is 0 Å². The first-order chi connectivity index (χ1) is 13.4. The maximum Gasteiger partial charge on any atom is 0.416 e. The number of likely N-dealkylation sites (tertiary alicyclic amines) is 2. The Bertz CT molecular complexity index is 682. The molecule has 0 N–H and O–H groups in total. The molecule has 0 bridgehead atoms. The third-order valence-corrected chi connectivity index (χ3v) is 6.87. The van der Waals surface area contributed by atoms with Crippen LogP contribution in [0.4, 0.5) is 13.2 Å². The molecule has 3 aliphatic rings. The molecule has 1 saturated carbocycles. The molecule has 1 aromatic rings. The predicted molar refractivity (Wildman–Crippen MR) is 102 cm³/mol. The van der Waals surface area contributed by atoms with E-state index in [9.17, 15) is 18.0 Å². The highest BCUT2D eigenvalue weighted by Crippen LogP contribution is 2.34. The lowest BCUT2D eigenvalue weighted by molar-refractivity contribution is -0.137. The molecule has 0 spiro atoms. The third-order valence-electron chi connectivity index (χ3n) is 6.87. The first-order valence-corrected chi connectivity index (χ1v) is 10.6. The third kappa shape index (κ3) is 4.22. The van der Waals surface area contributed by atoms with Gasteiger partial charge in [-0.2, -0.15) is 13.2 Å². The summed E-state index contributed by atoms with van der Waals surface area (Å²) in [6.45, 7) is 3.25. The number of alkyl halides is 3. The van der Waals surface area contributed by atoms with Crippen LogP contribution in [0.3, 0.4) is 0 Å². The molecule has 2 aliphatic heterocycles. The van der Waals surface area contributed by atoms with Gasteiger partial charge >= 0.3 is 6.18 Å². The monoisotopic (exact) mass is 394 g/mol. The zero-order valence-corrected chi connectivity index (χ0v) is 16.3. The number of hydrogen-bond acceptors (Lipinski definition) is 2. The van der Waals surface area contributed by atoms with Gasteiger partial charge in [-0.05, 0) is 49.9 Å². The van der Waals surface area contributed by atoms with Crippen LogP contribution >= 0.6 is 0 Å². The summed E-state index contributed by atoms with van der Waals surface area (Å²) in [5, 5.41) is 0. The second kappa shape index (κ2) is 8.05. The van der Waals surface area contributed by atoms with Crippen molar-refractivity contribution in [2.75, 3.05) is 26.2 Å². The van der Waals surface area contributed by atoms with Crippen LogP contribution in [0.2, 0.25) is 0 Å². The fourth-order valence-electron chi connectivity index (χ4n) is 5.20. The average molecular weight is 394 g/mol. The molecule has 4 rings (SSSR count). The highest BCUT2D eigenvalue weighted by atomic mass is 19.4. The van der Waals surface area contributed by atoms with Crippen molar-refractivity contribution in [1.82, 2.24) is 9.80 Å². The zero-order chi connectivity index (χ0) is 19.7. The number of carbonyl (C=O) groups is 1. The van der Waals surface area contributed by atoms with Crippen molar-refractivity contribution >= 4 is 5.91 Å². The van der Waals surface area contributed by atoms with Crippen molar-refractivity contribution in [2.24, 2.45) is 5.92 Å². The molecule has 0 aromatic heterocycles. The van der Waals surface area contributed by atoms with Crippen molar-refractivity contribution in [2.45, 2.75) is 63.1 Å². The van der Waals surface area contributed by atoms with E-state index in [1.165, 1.54) is 32.1 Å². The number of hydrogen-bond donors (Lipinski definition) is 0. The van der Waals surface area contributed by atoms with Gasteiger partial charge in [-0.1, -0.05) is 31.4 Å². The Hall–Kier alpha value is -1.56. The largest absolute Gasteiger partial charge is 0.416 e. The van der Waals surface area contributed by atoms with Crippen molar-refractivity contribution in [3.8, 4) is 0 Å². The molecular weight excluding hydrogens is 365 g/mol. The Balaban J connectivity index is 1.32. The maximum absolute atomic E-state index is 13.0. The van der Waals surface area contributed by atoms with E-state index < -0.39 is 11.7 Å². The van der Waals surface area contributed by atoms with Gasteiger partial charge in [-0.25, -0.2) is 0 Å². The Morgan fingerprint density at radius 2 is 1.61 bits per heavy atom. The molecule has 6 heteroatoms. The summed E-state index contributed by atoms with van der Waals surface area (Å²) < 4.78 is 38.2. The number of amides is 1. The van der Waals surface area contributed by atoms with Crippen LogP contribution in [0.25, 0.3) is 0 Å².